The molecular weight excluding hydrogens is 644 g/mol. The number of carbonyl (C=O) groups is 1. The molecule has 8 nitrogen and oxygen atoms in total. The van der Waals surface area contributed by atoms with Crippen LogP contribution in [0.25, 0.3) is 0 Å². The number of benzene rings is 4. The highest BCUT2D eigenvalue weighted by Crippen LogP contribution is 2.50. The minimum Gasteiger partial charge on any atom is -0.494 e. The fourth-order valence-corrected chi connectivity index (χ4v) is 7.31. The van der Waals surface area contributed by atoms with Crippen LogP contribution in [0.15, 0.2) is 117 Å². The van der Waals surface area contributed by atoms with E-state index in [1.54, 1.807) is 47.4 Å². The zero-order chi connectivity index (χ0) is 30.7. The summed E-state index contributed by atoms with van der Waals surface area (Å²) in [6, 6.07) is 30.7. The molecule has 4 aromatic rings. The topological polar surface area (TPSA) is 106 Å². The third-order valence-corrected chi connectivity index (χ3v) is 10.4. The van der Waals surface area contributed by atoms with Gasteiger partial charge in [-0.1, -0.05) is 70.5 Å². The maximum Gasteiger partial charge on any atom is 0.259 e. The summed E-state index contributed by atoms with van der Waals surface area (Å²) in [5.41, 5.74) is 1.56. The van der Waals surface area contributed by atoms with Crippen LogP contribution in [0.4, 0.5) is 5.69 Å². The summed E-state index contributed by atoms with van der Waals surface area (Å²) in [6.45, 7) is 0.405. The van der Waals surface area contributed by atoms with E-state index in [1.165, 1.54) is 0 Å². The number of aliphatic hydroxyl groups is 1. The first-order valence-corrected chi connectivity index (χ1v) is 16.8. The van der Waals surface area contributed by atoms with Crippen molar-refractivity contribution in [2.75, 3.05) is 30.4 Å². The lowest BCUT2D eigenvalue weighted by atomic mass is 9.78. The molecule has 6 rings (SSSR count). The molecule has 0 saturated heterocycles. The molecule has 0 fully saturated rings. The van der Waals surface area contributed by atoms with Gasteiger partial charge in [0.25, 0.3) is 5.91 Å². The van der Waals surface area contributed by atoms with Crippen molar-refractivity contribution in [1.29, 1.82) is 0 Å². The number of aliphatic hydroxyl groups excluding tert-OH is 1. The van der Waals surface area contributed by atoms with Crippen molar-refractivity contribution in [2.45, 2.75) is 29.4 Å². The zero-order valence-corrected chi connectivity index (χ0v) is 26.2. The van der Waals surface area contributed by atoms with Gasteiger partial charge in [0.1, 0.15) is 5.75 Å². The molecule has 2 heterocycles. The highest BCUT2D eigenvalue weighted by molar-refractivity contribution is 9.10. The molecule has 44 heavy (non-hydrogen) atoms. The Morgan fingerprint density at radius 1 is 0.932 bits per heavy atom. The van der Waals surface area contributed by atoms with E-state index >= 15 is 0 Å². The molecule has 0 saturated carbocycles. The molecule has 1 N–H and O–H groups in total. The zero-order valence-electron chi connectivity index (χ0n) is 23.8. The number of fused-ring (bicyclic) bond motifs is 3. The molecule has 4 aromatic carbocycles. The number of anilines is 1. The lowest BCUT2D eigenvalue weighted by Crippen LogP contribution is -2.56. The monoisotopic (exact) mass is 674 g/mol. The molecule has 0 unspecified atom stereocenters. The van der Waals surface area contributed by atoms with Gasteiger partial charge in [0, 0.05) is 41.6 Å². The lowest BCUT2D eigenvalue weighted by molar-refractivity contribution is -0.127. The molecule has 0 aromatic heterocycles. The quantitative estimate of drug-likeness (QED) is 0.210. The fourth-order valence-electron chi connectivity index (χ4n) is 5.65. The Hall–Kier alpha value is -3.99. The maximum atomic E-state index is 14.7. The summed E-state index contributed by atoms with van der Waals surface area (Å²) in [7, 11) is -3.65. The molecule has 10 heteroatoms. The Labute approximate surface area is 265 Å². The summed E-state index contributed by atoms with van der Waals surface area (Å²) >= 11 is 3.64. The van der Waals surface area contributed by atoms with Gasteiger partial charge in [-0.25, -0.2) is 13.4 Å². The minimum absolute atomic E-state index is 0.0395. The van der Waals surface area contributed by atoms with Gasteiger partial charge in [-0.15, -0.1) is 0 Å². The second-order valence-electron chi connectivity index (χ2n) is 10.7. The number of carbonyl (C=O) groups excluding carboxylic acids is 1. The first-order valence-electron chi connectivity index (χ1n) is 14.3. The molecule has 2 atom stereocenters. The molecule has 2 aliphatic heterocycles. The van der Waals surface area contributed by atoms with Crippen molar-refractivity contribution in [3.63, 3.8) is 0 Å². The Kier molecular flexibility index (Phi) is 8.57. The van der Waals surface area contributed by atoms with Crippen LogP contribution in [0.1, 0.15) is 29.2 Å². The van der Waals surface area contributed by atoms with E-state index in [4.69, 9.17) is 19.6 Å². The first kappa shape index (κ1) is 30.1. The number of amides is 1. The second kappa shape index (κ2) is 12.6. The summed E-state index contributed by atoms with van der Waals surface area (Å²) in [4.78, 5) is 21.5. The Balaban J connectivity index is 1.40. The Morgan fingerprint density at radius 3 is 2.39 bits per heavy atom. The normalized spacial score (nSPS) is 19.1. The summed E-state index contributed by atoms with van der Waals surface area (Å²) in [6.07, 6.45) is 0.0393. The van der Waals surface area contributed by atoms with Gasteiger partial charge in [0.2, 0.25) is 5.90 Å². The van der Waals surface area contributed by atoms with E-state index in [9.17, 15) is 13.2 Å². The predicted octanol–water partition coefficient (Wildman–Crippen LogP) is 5.53. The van der Waals surface area contributed by atoms with Crippen LogP contribution in [0, 0.1) is 0 Å². The van der Waals surface area contributed by atoms with Crippen molar-refractivity contribution in [1.82, 2.24) is 0 Å². The predicted molar refractivity (Wildman–Crippen MR) is 172 cm³/mol. The van der Waals surface area contributed by atoms with Crippen LogP contribution >= 0.6 is 15.9 Å². The van der Waals surface area contributed by atoms with E-state index in [2.05, 4.69) is 15.9 Å². The van der Waals surface area contributed by atoms with Gasteiger partial charge >= 0.3 is 0 Å². The van der Waals surface area contributed by atoms with Gasteiger partial charge in [-0.3, -0.25) is 4.79 Å². The number of aliphatic imine (C=N–C) groups is 1. The molecule has 2 aliphatic rings. The minimum atomic E-state index is -3.65. The van der Waals surface area contributed by atoms with Crippen LogP contribution in [-0.4, -0.2) is 56.4 Å². The van der Waals surface area contributed by atoms with Crippen molar-refractivity contribution < 1.29 is 27.8 Å². The van der Waals surface area contributed by atoms with Crippen molar-refractivity contribution in [3.8, 4) is 5.75 Å². The van der Waals surface area contributed by atoms with E-state index in [0.29, 0.717) is 35.9 Å². The average Bonchev–Trinajstić information content (AvgIpc) is 3.44. The smallest absolute Gasteiger partial charge is 0.259 e. The summed E-state index contributed by atoms with van der Waals surface area (Å²) in [5.74, 6) is 0.403. The number of sulfone groups is 1. The SMILES string of the molecule is O=C1N(CCS(=O)(=O)c2ccccc2)c2ccccc2[C@H]2OC(c3ccc(OCCCO)cc3)=N[C@@]12Cc1ccccc1Br. The van der Waals surface area contributed by atoms with Crippen molar-refractivity contribution >= 4 is 43.3 Å². The van der Waals surface area contributed by atoms with Crippen molar-refractivity contribution in [3.05, 3.63) is 124 Å². The third-order valence-electron chi connectivity index (χ3n) is 7.87. The van der Waals surface area contributed by atoms with E-state index in [1.807, 2.05) is 60.7 Å². The first-order chi connectivity index (χ1) is 21.3. The third kappa shape index (κ3) is 5.77. The Bertz CT molecular complexity index is 1800. The maximum absolute atomic E-state index is 14.7. The Morgan fingerprint density at radius 2 is 1.64 bits per heavy atom. The van der Waals surface area contributed by atoms with Gasteiger partial charge in [-0.05, 0) is 54.1 Å². The number of para-hydroxylation sites is 1. The van der Waals surface area contributed by atoms with Gasteiger partial charge < -0.3 is 19.5 Å². The standard InChI is InChI=1S/C34H31BrN2O6S/c35-29-13-6-4-9-25(29)23-34-31(43-32(36-34)24-15-17-26(18-16-24)42-21-8-20-38)28-12-5-7-14-30(28)37(33(34)39)19-22-44(40,41)27-10-2-1-3-11-27/h1-7,9-18,31,38H,8,19-23H2/t31-,34-/m1/s1. The molecule has 0 spiro atoms. The van der Waals surface area contributed by atoms with Gasteiger partial charge in [0.05, 0.1) is 22.9 Å². The molecular formula is C34H31BrN2O6S. The van der Waals surface area contributed by atoms with Gasteiger partial charge in [0.15, 0.2) is 21.5 Å². The van der Waals surface area contributed by atoms with Crippen LogP contribution in [-0.2, 0) is 25.8 Å². The van der Waals surface area contributed by atoms with E-state index < -0.39 is 21.5 Å². The highest BCUT2D eigenvalue weighted by Gasteiger charge is 2.58. The number of hydrogen-bond acceptors (Lipinski definition) is 7. The molecule has 0 aliphatic carbocycles. The van der Waals surface area contributed by atoms with Crippen LogP contribution in [0.5, 0.6) is 5.75 Å². The largest absolute Gasteiger partial charge is 0.494 e. The number of rotatable bonds is 11. The molecule has 0 radical (unpaired) electrons. The van der Waals surface area contributed by atoms with E-state index in [-0.39, 0.29) is 36.1 Å². The fraction of sp³-hybridized carbons (Fsp3) is 0.235. The van der Waals surface area contributed by atoms with Crippen LogP contribution < -0.4 is 9.64 Å². The lowest BCUT2D eigenvalue weighted by Gasteiger charge is -2.41. The molecule has 226 valence electrons. The molecule has 0 bridgehead atoms. The summed E-state index contributed by atoms with van der Waals surface area (Å²) in [5, 5.41) is 9.04. The average molecular weight is 676 g/mol. The highest BCUT2D eigenvalue weighted by atomic mass is 79.9. The summed E-state index contributed by atoms with van der Waals surface area (Å²) < 4.78 is 39.6. The van der Waals surface area contributed by atoms with E-state index in [0.717, 1.165) is 15.6 Å². The van der Waals surface area contributed by atoms with Crippen LogP contribution in [0.2, 0.25) is 0 Å². The number of ether oxygens (including phenoxy) is 2. The van der Waals surface area contributed by atoms with Gasteiger partial charge in [-0.2, -0.15) is 0 Å². The van der Waals surface area contributed by atoms with Crippen LogP contribution in [0.3, 0.4) is 0 Å². The number of hydrogen-bond donors (Lipinski definition) is 1. The molecule has 1 amide bonds. The van der Waals surface area contributed by atoms with Crippen molar-refractivity contribution in [2.24, 2.45) is 4.99 Å². The number of halogens is 1. The number of nitrogens with zero attached hydrogens (tertiary/aromatic N) is 2. The second-order valence-corrected chi connectivity index (χ2v) is 13.7.